The number of rotatable bonds is 5. The molecule has 30 heavy (non-hydrogen) atoms. The van der Waals surface area contributed by atoms with Crippen LogP contribution in [0.5, 0.6) is 5.75 Å². The number of nitrogens with one attached hydrogen (secondary N) is 2. The summed E-state index contributed by atoms with van der Waals surface area (Å²) >= 11 is 0. The molecule has 2 heterocycles. The fraction of sp³-hybridized carbons (Fsp3) is 0.333. The van der Waals surface area contributed by atoms with Crippen LogP contribution in [0.3, 0.4) is 0 Å². The number of carbonyl (C=O) groups excluding carboxylic acids is 1. The molecular formula is C21H25N5O4. The Labute approximate surface area is 172 Å². The molecule has 158 valence electrons. The number of likely N-dealkylation sites (tertiary alicyclic amines) is 1. The topological polar surface area (TPSA) is 137 Å². The molecule has 0 saturated carbocycles. The first-order valence-electron chi connectivity index (χ1n) is 9.91. The van der Waals surface area contributed by atoms with Gasteiger partial charge in [-0.3, -0.25) is 4.57 Å². The molecule has 0 radical (unpaired) electrons. The van der Waals surface area contributed by atoms with E-state index >= 15 is 0 Å². The molecular weight excluding hydrogens is 386 g/mol. The van der Waals surface area contributed by atoms with Crippen molar-refractivity contribution in [1.82, 2.24) is 14.5 Å². The highest BCUT2D eigenvalue weighted by atomic mass is 16.3. The molecule has 0 bridgehead atoms. The van der Waals surface area contributed by atoms with Gasteiger partial charge in [0.05, 0.1) is 22.8 Å². The predicted octanol–water partition coefficient (Wildman–Crippen LogP) is 1.90. The van der Waals surface area contributed by atoms with E-state index in [4.69, 9.17) is 5.73 Å². The number of para-hydroxylation sites is 2. The first-order chi connectivity index (χ1) is 14.4. The van der Waals surface area contributed by atoms with Crippen LogP contribution in [0.15, 0.2) is 47.3 Å². The van der Waals surface area contributed by atoms with E-state index in [0.717, 1.165) is 37.0 Å². The zero-order valence-corrected chi connectivity index (χ0v) is 16.4. The van der Waals surface area contributed by atoms with Gasteiger partial charge in [0.25, 0.3) is 0 Å². The van der Waals surface area contributed by atoms with E-state index in [1.807, 2.05) is 28.8 Å². The molecule has 1 aliphatic heterocycles. The number of phenols is 1. The van der Waals surface area contributed by atoms with Crippen LogP contribution in [0.1, 0.15) is 30.6 Å². The highest BCUT2D eigenvalue weighted by Gasteiger charge is 2.25. The first-order valence-corrected chi connectivity index (χ1v) is 9.91. The minimum Gasteiger partial charge on any atom is -0.506 e. The van der Waals surface area contributed by atoms with E-state index in [0.29, 0.717) is 12.1 Å². The number of fused-ring (bicyclic) bond motifs is 1. The number of anilines is 1. The number of urea groups is 1. The number of piperidine rings is 1. The molecule has 6 N–H and O–H groups in total. The molecule has 1 fully saturated rings. The van der Waals surface area contributed by atoms with Gasteiger partial charge in [0, 0.05) is 25.7 Å². The van der Waals surface area contributed by atoms with E-state index < -0.39 is 12.1 Å². The lowest BCUT2D eigenvalue weighted by molar-refractivity contribution is 0.0907. The van der Waals surface area contributed by atoms with Gasteiger partial charge in [-0.25, -0.2) is 9.59 Å². The number of hydrogen-bond donors (Lipinski definition) is 5. The summed E-state index contributed by atoms with van der Waals surface area (Å²) in [7, 11) is 0. The Morgan fingerprint density at radius 2 is 1.97 bits per heavy atom. The van der Waals surface area contributed by atoms with Crippen LogP contribution in [0.25, 0.3) is 11.0 Å². The number of nitrogens with zero attached hydrogens (tertiary/aromatic N) is 2. The molecule has 1 aromatic heterocycles. The Balaban J connectivity index is 1.41. The Morgan fingerprint density at radius 1 is 1.23 bits per heavy atom. The molecule has 9 nitrogen and oxygen atoms in total. The van der Waals surface area contributed by atoms with Crippen molar-refractivity contribution in [2.45, 2.75) is 25.0 Å². The van der Waals surface area contributed by atoms with Gasteiger partial charge in [-0.05, 0) is 42.7 Å². The van der Waals surface area contributed by atoms with Crippen LogP contribution >= 0.6 is 0 Å². The van der Waals surface area contributed by atoms with Crippen molar-refractivity contribution in [1.29, 1.82) is 0 Å². The molecule has 0 aliphatic carbocycles. The molecule has 1 aliphatic rings. The van der Waals surface area contributed by atoms with Gasteiger partial charge in [0.1, 0.15) is 5.75 Å². The number of aliphatic hydroxyl groups is 1. The number of nitrogens with two attached hydrogens (primary N) is 1. The van der Waals surface area contributed by atoms with Crippen LogP contribution in [0.2, 0.25) is 0 Å². The third-order valence-corrected chi connectivity index (χ3v) is 5.64. The van der Waals surface area contributed by atoms with Gasteiger partial charge in [0.2, 0.25) is 0 Å². The average Bonchev–Trinajstić information content (AvgIpc) is 3.05. The van der Waals surface area contributed by atoms with Crippen molar-refractivity contribution in [2.75, 3.05) is 25.0 Å². The maximum absolute atomic E-state index is 12.4. The molecule has 9 heteroatoms. The van der Waals surface area contributed by atoms with Crippen LogP contribution in [-0.2, 0) is 0 Å². The highest BCUT2D eigenvalue weighted by molar-refractivity contribution is 5.89. The van der Waals surface area contributed by atoms with Gasteiger partial charge in [0.15, 0.2) is 0 Å². The molecule has 1 unspecified atom stereocenters. The van der Waals surface area contributed by atoms with Gasteiger partial charge in [-0.2, -0.15) is 0 Å². The summed E-state index contributed by atoms with van der Waals surface area (Å²) in [6, 6.07) is 11.6. The fourth-order valence-corrected chi connectivity index (χ4v) is 4.14. The summed E-state index contributed by atoms with van der Waals surface area (Å²) in [4.78, 5) is 28.5. The summed E-state index contributed by atoms with van der Waals surface area (Å²) in [5, 5.41) is 22.8. The second-order valence-corrected chi connectivity index (χ2v) is 7.63. The number of benzene rings is 2. The largest absolute Gasteiger partial charge is 0.506 e. The molecule has 1 atom stereocenters. The Hall–Kier alpha value is -3.30. The van der Waals surface area contributed by atoms with E-state index in [1.54, 1.807) is 6.07 Å². The van der Waals surface area contributed by atoms with Crippen molar-refractivity contribution in [3.05, 3.63) is 58.5 Å². The lowest BCUT2D eigenvalue weighted by Crippen LogP contribution is -2.39. The zero-order valence-electron chi connectivity index (χ0n) is 16.4. The standard InChI is InChI=1S/C21H25N5O4/c22-20(29)23-16-11-13(5-6-18(16)27)19(28)12-25-9-7-14(8-10-25)26-17-4-2-1-3-15(17)24-21(26)30/h1-6,11,14,19,27-28H,7-10,12H2,(H,24,30)(H3,22,23,29). The Bertz CT molecular complexity index is 1110. The SMILES string of the molecule is NC(=O)Nc1cc(C(O)CN2CCC(n3c(=O)[nH]c4ccccc43)CC2)ccc1O. The molecule has 2 amide bonds. The fourth-order valence-electron chi connectivity index (χ4n) is 4.14. The zero-order chi connectivity index (χ0) is 21.3. The molecule has 3 aromatic rings. The number of imidazole rings is 1. The number of hydrogen-bond acceptors (Lipinski definition) is 5. The number of aromatic amines is 1. The maximum atomic E-state index is 12.4. The number of aliphatic hydroxyl groups excluding tert-OH is 1. The van der Waals surface area contributed by atoms with Gasteiger partial charge >= 0.3 is 11.7 Å². The smallest absolute Gasteiger partial charge is 0.326 e. The van der Waals surface area contributed by atoms with Crippen molar-refractivity contribution >= 4 is 22.8 Å². The van der Waals surface area contributed by atoms with E-state index in [-0.39, 0.29) is 23.2 Å². The third-order valence-electron chi connectivity index (χ3n) is 5.64. The first kappa shape index (κ1) is 20.0. The lowest BCUT2D eigenvalue weighted by Gasteiger charge is -2.33. The lowest BCUT2D eigenvalue weighted by atomic mass is 10.0. The predicted molar refractivity (Wildman–Crippen MR) is 114 cm³/mol. The summed E-state index contributed by atoms with van der Waals surface area (Å²) in [6.07, 6.45) is 0.822. The van der Waals surface area contributed by atoms with E-state index in [9.17, 15) is 19.8 Å². The number of phenolic OH excluding ortho intramolecular Hbond substituents is 1. The molecule has 4 rings (SSSR count). The highest BCUT2D eigenvalue weighted by Crippen LogP contribution is 2.29. The van der Waals surface area contributed by atoms with E-state index in [2.05, 4.69) is 15.2 Å². The molecule has 1 saturated heterocycles. The van der Waals surface area contributed by atoms with Gasteiger partial charge < -0.3 is 31.1 Å². The van der Waals surface area contributed by atoms with Crippen LogP contribution in [0, 0.1) is 0 Å². The van der Waals surface area contributed by atoms with Crippen molar-refractivity contribution in [2.24, 2.45) is 5.73 Å². The Morgan fingerprint density at radius 3 is 2.70 bits per heavy atom. The quantitative estimate of drug-likeness (QED) is 0.409. The summed E-state index contributed by atoms with van der Waals surface area (Å²) in [6.45, 7) is 1.91. The second kappa shape index (κ2) is 8.21. The van der Waals surface area contributed by atoms with Gasteiger partial charge in [-0.1, -0.05) is 18.2 Å². The van der Waals surface area contributed by atoms with E-state index in [1.165, 1.54) is 12.1 Å². The number of β-amino-alcohol motifs (C(OH)–C–C–N with tert-alkyl or cyclic N) is 1. The number of aromatic nitrogens is 2. The molecule has 0 spiro atoms. The maximum Gasteiger partial charge on any atom is 0.326 e. The number of primary amides is 1. The Kier molecular flexibility index (Phi) is 5.47. The van der Waals surface area contributed by atoms with Crippen molar-refractivity contribution in [3.8, 4) is 5.75 Å². The number of aromatic hydroxyl groups is 1. The van der Waals surface area contributed by atoms with Crippen molar-refractivity contribution < 1.29 is 15.0 Å². The summed E-state index contributed by atoms with van der Waals surface area (Å²) in [5.74, 6) is -0.116. The average molecular weight is 411 g/mol. The summed E-state index contributed by atoms with van der Waals surface area (Å²) < 4.78 is 1.84. The number of amides is 2. The third kappa shape index (κ3) is 4.03. The number of carbonyl (C=O) groups is 1. The van der Waals surface area contributed by atoms with Crippen LogP contribution in [0.4, 0.5) is 10.5 Å². The number of H-pyrrole nitrogens is 1. The van der Waals surface area contributed by atoms with Crippen LogP contribution in [-0.4, -0.2) is 50.3 Å². The minimum atomic E-state index is -0.786. The summed E-state index contributed by atoms with van der Waals surface area (Å²) in [5.41, 5.74) is 7.52. The second-order valence-electron chi connectivity index (χ2n) is 7.63. The van der Waals surface area contributed by atoms with Crippen molar-refractivity contribution in [3.63, 3.8) is 0 Å². The van der Waals surface area contributed by atoms with Crippen LogP contribution < -0.4 is 16.7 Å². The monoisotopic (exact) mass is 411 g/mol. The molecule has 2 aromatic carbocycles. The van der Waals surface area contributed by atoms with Gasteiger partial charge in [-0.15, -0.1) is 0 Å². The normalized spacial score (nSPS) is 16.6. The minimum absolute atomic E-state index is 0.0896.